The number of hydrogen-bond donors (Lipinski definition) is 1. The van der Waals surface area contributed by atoms with Gasteiger partial charge in [-0.05, 0) is 49.6 Å². The van der Waals surface area contributed by atoms with Gasteiger partial charge in [-0.2, -0.15) is 0 Å². The number of carbonyl (C=O) groups excluding carboxylic acids is 1. The SMILES string of the molecule is Cc1ccc(-c2cccc(C(=O)N3CCN(C4CCCCC4)CC3)c2)c(N)n1. The molecule has 148 valence electrons. The van der Waals surface area contributed by atoms with E-state index in [0.717, 1.165) is 54.6 Å². The van der Waals surface area contributed by atoms with Crippen LogP contribution in [0.4, 0.5) is 5.82 Å². The summed E-state index contributed by atoms with van der Waals surface area (Å²) in [5.41, 5.74) is 9.53. The molecule has 1 aromatic heterocycles. The number of benzene rings is 1. The lowest BCUT2D eigenvalue weighted by Crippen LogP contribution is -2.52. The van der Waals surface area contributed by atoms with Gasteiger partial charge < -0.3 is 10.6 Å². The Labute approximate surface area is 167 Å². The van der Waals surface area contributed by atoms with Crippen LogP contribution in [0.15, 0.2) is 36.4 Å². The highest BCUT2D eigenvalue weighted by Crippen LogP contribution is 2.27. The van der Waals surface area contributed by atoms with Crippen LogP contribution >= 0.6 is 0 Å². The molecule has 2 aromatic rings. The van der Waals surface area contributed by atoms with E-state index in [9.17, 15) is 4.79 Å². The number of aromatic nitrogens is 1. The quantitative estimate of drug-likeness (QED) is 0.884. The molecule has 2 heterocycles. The highest BCUT2D eigenvalue weighted by Gasteiger charge is 2.27. The fourth-order valence-corrected chi connectivity index (χ4v) is 4.56. The predicted molar refractivity (Wildman–Crippen MR) is 113 cm³/mol. The number of rotatable bonds is 3. The second-order valence-electron chi connectivity index (χ2n) is 8.09. The van der Waals surface area contributed by atoms with Crippen LogP contribution in [-0.4, -0.2) is 52.9 Å². The number of amides is 1. The zero-order valence-corrected chi connectivity index (χ0v) is 16.7. The van der Waals surface area contributed by atoms with Gasteiger partial charge in [0.25, 0.3) is 5.91 Å². The van der Waals surface area contributed by atoms with Crippen LogP contribution in [0.2, 0.25) is 0 Å². The number of nitrogens with two attached hydrogens (primary N) is 1. The van der Waals surface area contributed by atoms with Gasteiger partial charge in [0, 0.05) is 49.0 Å². The highest BCUT2D eigenvalue weighted by atomic mass is 16.2. The molecule has 0 atom stereocenters. The van der Waals surface area contributed by atoms with Gasteiger partial charge in [0.15, 0.2) is 0 Å². The van der Waals surface area contributed by atoms with E-state index in [0.29, 0.717) is 5.82 Å². The molecule has 28 heavy (non-hydrogen) atoms. The largest absolute Gasteiger partial charge is 0.383 e. The van der Waals surface area contributed by atoms with Crippen molar-refractivity contribution in [3.05, 3.63) is 47.7 Å². The van der Waals surface area contributed by atoms with Crippen LogP contribution in [0.3, 0.4) is 0 Å². The normalized spacial score (nSPS) is 19.0. The first kappa shape index (κ1) is 18.9. The summed E-state index contributed by atoms with van der Waals surface area (Å²) in [4.78, 5) is 22.0. The van der Waals surface area contributed by atoms with Crippen molar-refractivity contribution in [3.63, 3.8) is 0 Å². The first-order chi connectivity index (χ1) is 13.6. The van der Waals surface area contributed by atoms with Gasteiger partial charge >= 0.3 is 0 Å². The summed E-state index contributed by atoms with van der Waals surface area (Å²) in [6.45, 7) is 5.53. The van der Waals surface area contributed by atoms with Gasteiger partial charge in [-0.3, -0.25) is 9.69 Å². The minimum Gasteiger partial charge on any atom is -0.383 e. The van der Waals surface area contributed by atoms with Crippen molar-refractivity contribution in [2.24, 2.45) is 0 Å². The summed E-state index contributed by atoms with van der Waals surface area (Å²) in [7, 11) is 0. The van der Waals surface area contributed by atoms with Crippen molar-refractivity contribution < 1.29 is 4.79 Å². The van der Waals surface area contributed by atoms with Crippen molar-refractivity contribution in [2.75, 3.05) is 31.9 Å². The van der Waals surface area contributed by atoms with Gasteiger partial charge in [0.1, 0.15) is 5.82 Å². The van der Waals surface area contributed by atoms with E-state index in [-0.39, 0.29) is 5.91 Å². The Bertz CT molecular complexity index is 836. The Morgan fingerprint density at radius 3 is 2.50 bits per heavy atom. The maximum atomic E-state index is 13.1. The maximum absolute atomic E-state index is 13.1. The van der Waals surface area contributed by atoms with E-state index in [1.807, 2.05) is 48.2 Å². The number of pyridine rings is 1. The third-order valence-corrected chi connectivity index (χ3v) is 6.18. The summed E-state index contributed by atoms with van der Waals surface area (Å²) < 4.78 is 0. The number of aryl methyl sites for hydroxylation is 1. The molecule has 5 heteroatoms. The molecule has 2 aliphatic rings. The van der Waals surface area contributed by atoms with E-state index in [1.165, 1.54) is 32.1 Å². The third kappa shape index (κ3) is 4.04. The molecule has 1 aromatic carbocycles. The first-order valence-corrected chi connectivity index (χ1v) is 10.5. The minimum absolute atomic E-state index is 0.115. The highest BCUT2D eigenvalue weighted by molar-refractivity contribution is 5.96. The van der Waals surface area contributed by atoms with Gasteiger partial charge in [-0.25, -0.2) is 4.98 Å². The Morgan fingerprint density at radius 2 is 1.79 bits per heavy atom. The monoisotopic (exact) mass is 378 g/mol. The Kier molecular flexibility index (Phi) is 5.62. The number of carbonyl (C=O) groups is 1. The lowest BCUT2D eigenvalue weighted by molar-refractivity contribution is 0.0523. The fourth-order valence-electron chi connectivity index (χ4n) is 4.56. The molecule has 0 bridgehead atoms. The molecular formula is C23H30N4O. The van der Waals surface area contributed by atoms with Crippen LogP contribution < -0.4 is 5.73 Å². The average Bonchev–Trinajstić information content (AvgIpc) is 2.74. The van der Waals surface area contributed by atoms with Crippen molar-refractivity contribution in [3.8, 4) is 11.1 Å². The standard InChI is InChI=1S/C23H30N4O/c1-17-10-11-21(22(24)25-17)18-6-5-7-19(16-18)23(28)27-14-12-26(13-15-27)20-8-3-2-4-9-20/h5-7,10-11,16,20H,2-4,8-9,12-15H2,1H3,(H2,24,25). The van der Waals surface area contributed by atoms with E-state index < -0.39 is 0 Å². The topological polar surface area (TPSA) is 62.5 Å². The van der Waals surface area contributed by atoms with Crippen molar-refractivity contribution in [1.82, 2.24) is 14.8 Å². The second kappa shape index (κ2) is 8.31. The predicted octanol–water partition coefficient (Wildman–Crippen LogP) is 3.73. The van der Waals surface area contributed by atoms with Crippen LogP contribution in [0.1, 0.15) is 48.2 Å². The van der Waals surface area contributed by atoms with Gasteiger partial charge in [0.2, 0.25) is 0 Å². The minimum atomic E-state index is 0.115. The number of nitrogens with zero attached hydrogens (tertiary/aromatic N) is 3. The molecular weight excluding hydrogens is 348 g/mol. The van der Waals surface area contributed by atoms with Crippen LogP contribution in [0, 0.1) is 6.92 Å². The Hall–Kier alpha value is -2.40. The van der Waals surface area contributed by atoms with Gasteiger partial charge in [0.05, 0.1) is 0 Å². The summed E-state index contributed by atoms with van der Waals surface area (Å²) >= 11 is 0. The van der Waals surface area contributed by atoms with Gasteiger partial charge in [-0.15, -0.1) is 0 Å². The Morgan fingerprint density at radius 1 is 1.04 bits per heavy atom. The van der Waals surface area contributed by atoms with E-state index >= 15 is 0 Å². The van der Waals surface area contributed by atoms with Crippen LogP contribution in [0.25, 0.3) is 11.1 Å². The average molecular weight is 379 g/mol. The molecule has 1 aliphatic heterocycles. The summed E-state index contributed by atoms with van der Waals surface area (Å²) in [6, 6.07) is 12.4. The lowest BCUT2D eigenvalue weighted by Gasteiger charge is -2.40. The number of nitrogen functional groups attached to an aromatic ring is 1. The molecule has 1 amide bonds. The van der Waals surface area contributed by atoms with Crippen molar-refractivity contribution in [1.29, 1.82) is 0 Å². The molecule has 4 rings (SSSR count). The van der Waals surface area contributed by atoms with E-state index in [4.69, 9.17) is 5.73 Å². The Balaban J connectivity index is 1.44. The number of anilines is 1. The zero-order valence-electron chi connectivity index (χ0n) is 16.7. The molecule has 2 fully saturated rings. The zero-order chi connectivity index (χ0) is 19.5. The van der Waals surface area contributed by atoms with Gasteiger partial charge in [-0.1, -0.05) is 31.4 Å². The van der Waals surface area contributed by atoms with Crippen LogP contribution in [0.5, 0.6) is 0 Å². The molecule has 0 unspecified atom stereocenters. The molecule has 0 spiro atoms. The third-order valence-electron chi connectivity index (χ3n) is 6.18. The maximum Gasteiger partial charge on any atom is 0.253 e. The van der Waals surface area contributed by atoms with Crippen molar-refractivity contribution >= 4 is 11.7 Å². The molecule has 0 radical (unpaired) electrons. The first-order valence-electron chi connectivity index (χ1n) is 10.5. The van der Waals surface area contributed by atoms with E-state index in [2.05, 4.69) is 9.88 Å². The molecule has 1 saturated carbocycles. The van der Waals surface area contributed by atoms with Crippen LogP contribution in [-0.2, 0) is 0 Å². The summed E-state index contributed by atoms with van der Waals surface area (Å²) in [5.74, 6) is 0.620. The molecule has 1 aliphatic carbocycles. The molecule has 2 N–H and O–H groups in total. The number of hydrogen-bond acceptors (Lipinski definition) is 4. The molecule has 1 saturated heterocycles. The summed E-state index contributed by atoms with van der Waals surface area (Å²) in [6.07, 6.45) is 6.73. The summed E-state index contributed by atoms with van der Waals surface area (Å²) in [5, 5.41) is 0. The molecule has 5 nitrogen and oxygen atoms in total. The lowest BCUT2D eigenvalue weighted by atomic mass is 9.94. The smallest absolute Gasteiger partial charge is 0.253 e. The second-order valence-corrected chi connectivity index (χ2v) is 8.09. The van der Waals surface area contributed by atoms with Crippen molar-refractivity contribution in [2.45, 2.75) is 45.1 Å². The number of piperazine rings is 1. The fraction of sp³-hybridized carbons (Fsp3) is 0.478. The van der Waals surface area contributed by atoms with E-state index in [1.54, 1.807) is 0 Å².